The zero-order valence-electron chi connectivity index (χ0n) is 19.9. The van der Waals surface area contributed by atoms with Crippen molar-refractivity contribution in [3.63, 3.8) is 0 Å². The van der Waals surface area contributed by atoms with Crippen LogP contribution in [0, 0.1) is 0 Å². The Balaban J connectivity index is 1.55. The van der Waals surface area contributed by atoms with E-state index < -0.39 is 5.97 Å². The lowest BCUT2D eigenvalue weighted by molar-refractivity contribution is 0.0697. The lowest BCUT2D eigenvalue weighted by Gasteiger charge is -2.12. The number of rotatable bonds is 9. The van der Waals surface area contributed by atoms with Gasteiger partial charge in [-0.25, -0.2) is 9.78 Å². The van der Waals surface area contributed by atoms with Gasteiger partial charge in [-0.1, -0.05) is 74.0 Å². The smallest absolute Gasteiger partial charge is 0.336 e. The van der Waals surface area contributed by atoms with Crippen LogP contribution in [0.3, 0.4) is 0 Å². The first-order valence-electron chi connectivity index (χ1n) is 11.9. The molecule has 0 fully saturated rings. The van der Waals surface area contributed by atoms with Crippen molar-refractivity contribution in [3.05, 3.63) is 95.9 Å². The number of aromatic amines is 1. The Morgan fingerprint density at radius 1 is 0.972 bits per heavy atom. The third-order valence-corrected chi connectivity index (χ3v) is 6.15. The molecule has 8 heteroatoms. The zero-order valence-corrected chi connectivity index (χ0v) is 19.9. The molecule has 5 aromatic rings. The monoisotopic (exact) mass is 478 g/mol. The fourth-order valence-electron chi connectivity index (χ4n) is 4.37. The van der Waals surface area contributed by atoms with Crippen molar-refractivity contribution < 1.29 is 9.90 Å². The molecule has 0 spiro atoms. The number of carbonyl (C=O) groups is 1. The van der Waals surface area contributed by atoms with E-state index in [2.05, 4.69) is 62.4 Å². The van der Waals surface area contributed by atoms with Crippen molar-refractivity contribution in [2.45, 2.75) is 32.7 Å². The van der Waals surface area contributed by atoms with Gasteiger partial charge in [0.15, 0.2) is 0 Å². The number of unbranched alkanes of at least 4 members (excludes halogenated alkanes) is 1. The average Bonchev–Trinajstić information content (AvgIpc) is 3.58. The second-order valence-electron chi connectivity index (χ2n) is 8.61. The zero-order chi connectivity index (χ0) is 24.9. The van der Waals surface area contributed by atoms with Gasteiger partial charge in [0.05, 0.1) is 11.3 Å². The maximum atomic E-state index is 11.8. The second kappa shape index (κ2) is 10.4. The molecule has 8 nitrogen and oxygen atoms in total. The quantitative estimate of drug-likeness (QED) is 0.290. The molecule has 0 unspecified atom stereocenters. The molecule has 0 bridgehead atoms. The van der Waals surface area contributed by atoms with Gasteiger partial charge in [-0.3, -0.25) is 0 Å². The number of aromatic carboxylic acids is 1. The van der Waals surface area contributed by atoms with Gasteiger partial charge in [0.2, 0.25) is 5.82 Å². The molecule has 0 atom stereocenters. The van der Waals surface area contributed by atoms with Crippen molar-refractivity contribution in [2.24, 2.45) is 0 Å². The van der Waals surface area contributed by atoms with Gasteiger partial charge in [0.1, 0.15) is 5.82 Å². The minimum absolute atomic E-state index is 0.246. The number of nitrogens with zero attached hydrogens (tertiary/aromatic N) is 5. The van der Waals surface area contributed by atoms with E-state index in [4.69, 9.17) is 4.98 Å². The molecule has 5 rings (SSSR count). The van der Waals surface area contributed by atoms with Crippen LogP contribution in [0.2, 0.25) is 0 Å². The number of carboxylic acids is 1. The maximum Gasteiger partial charge on any atom is 0.336 e. The molecule has 2 heterocycles. The van der Waals surface area contributed by atoms with Crippen LogP contribution in [-0.2, 0) is 13.0 Å². The summed E-state index contributed by atoms with van der Waals surface area (Å²) in [6.07, 6.45) is 4.80. The number of aromatic nitrogens is 6. The Morgan fingerprint density at radius 2 is 1.78 bits per heavy atom. The third-order valence-electron chi connectivity index (χ3n) is 6.15. The number of hydrogen-bond donors (Lipinski definition) is 2. The molecule has 36 heavy (non-hydrogen) atoms. The van der Waals surface area contributed by atoms with Crippen LogP contribution in [0.4, 0.5) is 0 Å². The summed E-state index contributed by atoms with van der Waals surface area (Å²) in [4.78, 5) is 16.6. The molecule has 0 saturated carbocycles. The Hall–Kier alpha value is -4.59. The van der Waals surface area contributed by atoms with Crippen LogP contribution in [0.25, 0.3) is 33.8 Å². The van der Waals surface area contributed by atoms with Crippen LogP contribution in [0.1, 0.15) is 41.5 Å². The first kappa shape index (κ1) is 23.2. The molecule has 0 radical (unpaired) electrons. The van der Waals surface area contributed by atoms with Crippen molar-refractivity contribution in [3.8, 4) is 33.8 Å². The number of H-pyrrole nitrogens is 1. The molecule has 0 aliphatic rings. The summed E-state index contributed by atoms with van der Waals surface area (Å²) in [6.45, 7) is 2.73. The minimum atomic E-state index is -0.962. The number of aryl methyl sites for hydroxylation is 1. The van der Waals surface area contributed by atoms with Gasteiger partial charge < -0.3 is 9.67 Å². The maximum absolute atomic E-state index is 11.8. The molecule has 2 aromatic heterocycles. The number of nitrogens with one attached hydrogen (secondary N) is 1. The molecule has 0 amide bonds. The second-order valence-corrected chi connectivity index (χ2v) is 8.61. The van der Waals surface area contributed by atoms with E-state index >= 15 is 0 Å². The Morgan fingerprint density at radius 3 is 2.53 bits per heavy atom. The van der Waals surface area contributed by atoms with Crippen molar-refractivity contribution in [1.29, 1.82) is 0 Å². The van der Waals surface area contributed by atoms with Crippen LogP contribution >= 0.6 is 0 Å². The summed E-state index contributed by atoms with van der Waals surface area (Å²) in [6, 6.07) is 23.4. The van der Waals surface area contributed by atoms with Crippen molar-refractivity contribution in [2.75, 3.05) is 0 Å². The van der Waals surface area contributed by atoms with E-state index in [9.17, 15) is 9.90 Å². The van der Waals surface area contributed by atoms with Gasteiger partial charge in [-0.15, -0.1) is 10.2 Å². The first-order valence-corrected chi connectivity index (χ1v) is 11.9. The highest BCUT2D eigenvalue weighted by Crippen LogP contribution is 2.31. The number of hydrogen-bond acceptors (Lipinski definition) is 5. The predicted molar refractivity (Wildman–Crippen MR) is 137 cm³/mol. The first-order chi connectivity index (χ1) is 17.6. The van der Waals surface area contributed by atoms with E-state index in [0.717, 1.165) is 47.3 Å². The van der Waals surface area contributed by atoms with Gasteiger partial charge >= 0.3 is 5.97 Å². The summed E-state index contributed by atoms with van der Waals surface area (Å²) in [5, 5.41) is 24.4. The molecule has 3 aromatic carbocycles. The van der Waals surface area contributed by atoms with Crippen LogP contribution in [0.15, 0.2) is 79.0 Å². The van der Waals surface area contributed by atoms with Gasteiger partial charge in [0.25, 0.3) is 0 Å². The van der Waals surface area contributed by atoms with E-state index in [-0.39, 0.29) is 5.56 Å². The largest absolute Gasteiger partial charge is 0.478 e. The minimum Gasteiger partial charge on any atom is -0.478 e. The van der Waals surface area contributed by atoms with Gasteiger partial charge in [-0.05, 0) is 40.5 Å². The normalized spacial score (nSPS) is 11.0. The lowest BCUT2D eigenvalue weighted by Crippen LogP contribution is -2.05. The molecule has 0 aliphatic heterocycles. The SMILES string of the molecule is CCCCc1nc(-c2ccccc2C(=O)O)cn1Cc1ccc(-c2ccccc2)c(-c2nn[nH]n2)c1. The molecule has 0 aliphatic carbocycles. The van der Waals surface area contributed by atoms with Crippen molar-refractivity contribution in [1.82, 2.24) is 30.2 Å². The van der Waals surface area contributed by atoms with Gasteiger partial charge in [0, 0.05) is 30.3 Å². The summed E-state index contributed by atoms with van der Waals surface area (Å²) in [5.74, 6) is 0.500. The molecular formula is C28H26N6O2. The summed E-state index contributed by atoms with van der Waals surface area (Å²) >= 11 is 0. The number of tetrazole rings is 1. The fourth-order valence-corrected chi connectivity index (χ4v) is 4.37. The summed E-state index contributed by atoms with van der Waals surface area (Å²) in [7, 11) is 0. The molecular weight excluding hydrogens is 452 g/mol. The van der Waals surface area contributed by atoms with Crippen LogP contribution in [-0.4, -0.2) is 41.3 Å². The lowest BCUT2D eigenvalue weighted by atomic mass is 9.97. The Bertz CT molecular complexity index is 1480. The third kappa shape index (κ3) is 4.79. The Labute approximate surface area is 208 Å². The van der Waals surface area contributed by atoms with E-state index in [1.807, 2.05) is 36.5 Å². The summed E-state index contributed by atoms with van der Waals surface area (Å²) in [5.41, 5.74) is 5.57. The number of imidazole rings is 1. The Kier molecular flexibility index (Phi) is 6.66. The molecule has 2 N–H and O–H groups in total. The highest BCUT2D eigenvalue weighted by Gasteiger charge is 2.17. The highest BCUT2D eigenvalue weighted by atomic mass is 16.4. The van der Waals surface area contributed by atoms with E-state index in [1.165, 1.54) is 0 Å². The van der Waals surface area contributed by atoms with E-state index in [1.54, 1.807) is 12.1 Å². The van der Waals surface area contributed by atoms with E-state index in [0.29, 0.717) is 23.6 Å². The number of carboxylic acid groups (broad SMARTS) is 1. The van der Waals surface area contributed by atoms with Gasteiger partial charge in [-0.2, -0.15) is 5.21 Å². The predicted octanol–water partition coefficient (Wildman–Crippen LogP) is 5.49. The average molecular weight is 479 g/mol. The fraction of sp³-hybridized carbons (Fsp3) is 0.179. The van der Waals surface area contributed by atoms with Crippen molar-refractivity contribution >= 4 is 5.97 Å². The molecule has 180 valence electrons. The standard InChI is InChI=1S/C28H26N6O2/c1-2-3-13-26-29-25(22-11-7-8-12-23(22)28(35)36)18-34(26)17-19-14-15-21(20-9-5-4-6-10-20)24(16-19)27-30-32-33-31-27/h4-12,14-16,18H,2-3,13,17H2,1H3,(H,35,36)(H,30,31,32,33). The van der Waals surface area contributed by atoms with Crippen LogP contribution in [0.5, 0.6) is 0 Å². The highest BCUT2D eigenvalue weighted by molar-refractivity contribution is 5.95. The topological polar surface area (TPSA) is 110 Å². The summed E-state index contributed by atoms with van der Waals surface area (Å²) < 4.78 is 2.11. The number of benzene rings is 3. The molecule has 0 saturated heterocycles. The van der Waals surface area contributed by atoms with Crippen LogP contribution < -0.4 is 0 Å².